The lowest BCUT2D eigenvalue weighted by Crippen LogP contribution is -2.16. The fourth-order valence-corrected chi connectivity index (χ4v) is 3.45. The number of benzene rings is 3. The number of carbonyl (C=O) groups excluding carboxylic acids is 1. The minimum absolute atomic E-state index is 0.144. The number of hydrogen-bond donors (Lipinski definition) is 1. The molecule has 0 aliphatic rings. The molecule has 0 aliphatic heterocycles. The fraction of sp³-hybridized carbons (Fsp3) is 0.240. The third kappa shape index (κ3) is 6.65. The molecule has 0 saturated heterocycles. The van der Waals surface area contributed by atoms with Crippen molar-refractivity contribution in [2.24, 2.45) is 0 Å². The topological polar surface area (TPSA) is 38.3 Å². The zero-order chi connectivity index (χ0) is 20.5. The normalized spacial score (nSPS) is 11.7. The molecule has 1 unspecified atom stereocenters. The van der Waals surface area contributed by atoms with Gasteiger partial charge in [0.15, 0.2) is 0 Å². The monoisotopic (exact) mass is 407 g/mol. The molecule has 1 atom stereocenters. The summed E-state index contributed by atoms with van der Waals surface area (Å²) in [6.45, 7) is 2.59. The van der Waals surface area contributed by atoms with Crippen LogP contribution in [0.5, 0.6) is 5.75 Å². The van der Waals surface area contributed by atoms with E-state index < -0.39 is 0 Å². The molecule has 0 bridgehead atoms. The van der Waals surface area contributed by atoms with Gasteiger partial charge in [-0.2, -0.15) is 0 Å². The van der Waals surface area contributed by atoms with E-state index in [0.29, 0.717) is 24.5 Å². The third-order valence-corrected chi connectivity index (χ3v) is 4.96. The van der Waals surface area contributed by atoms with E-state index in [4.69, 9.17) is 16.3 Å². The quantitative estimate of drug-likeness (QED) is 0.417. The molecule has 0 fully saturated rings. The molecule has 1 N–H and O–H groups in total. The van der Waals surface area contributed by atoms with Crippen molar-refractivity contribution in [1.29, 1.82) is 0 Å². The number of aryl methyl sites for hydroxylation is 1. The van der Waals surface area contributed by atoms with Crippen LogP contribution in [0.4, 0.5) is 5.69 Å². The molecule has 0 aliphatic carbocycles. The van der Waals surface area contributed by atoms with Crippen LogP contribution >= 0.6 is 11.6 Å². The number of carbonyl (C=O) groups is 1. The van der Waals surface area contributed by atoms with Crippen LogP contribution in [-0.2, 0) is 11.2 Å². The maximum absolute atomic E-state index is 12.7. The van der Waals surface area contributed by atoms with Gasteiger partial charge in [0, 0.05) is 23.6 Å². The fourth-order valence-electron chi connectivity index (χ4n) is 3.25. The summed E-state index contributed by atoms with van der Waals surface area (Å²) in [4.78, 5) is 12.7. The van der Waals surface area contributed by atoms with Crippen LogP contribution in [0.25, 0.3) is 0 Å². The summed E-state index contributed by atoms with van der Waals surface area (Å²) in [5.41, 5.74) is 3.12. The van der Waals surface area contributed by atoms with Gasteiger partial charge in [-0.15, -0.1) is 0 Å². The Morgan fingerprint density at radius 3 is 2.45 bits per heavy atom. The van der Waals surface area contributed by atoms with Gasteiger partial charge in [0.25, 0.3) is 0 Å². The molecule has 4 heteroatoms. The Hall–Kier alpha value is -2.78. The van der Waals surface area contributed by atoms with Gasteiger partial charge in [0.1, 0.15) is 11.5 Å². The number of nitrogens with one attached hydrogen (secondary N) is 1. The Balaban J connectivity index is 1.70. The molecule has 3 rings (SSSR count). The number of rotatable bonds is 10. The molecule has 3 nitrogen and oxygen atoms in total. The first kappa shape index (κ1) is 20.9. The summed E-state index contributed by atoms with van der Waals surface area (Å²) in [5.74, 6) is 1.05. The first-order valence-corrected chi connectivity index (χ1v) is 10.3. The minimum atomic E-state index is -0.144. The molecule has 3 aromatic carbocycles. The van der Waals surface area contributed by atoms with Crippen molar-refractivity contribution in [3.8, 4) is 5.75 Å². The Morgan fingerprint density at radius 2 is 1.76 bits per heavy atom. The van der Waals surface area contributed by atoms with Crippen LogP contribution < -0.4 is 10.1 Å². The first-order valence-electron chi connectivity index (χ1n) is 9.94. The molecular formula is C25H26ClNO2. The van der Waals surface area contributed by atoms with Gasteiger partial charge in [-0.3, -0.25) is 4.79 Å². The van der Waals surface area contributed by atoms with Gasteiger partial charge in [-0.05, 0) is 60.9 Å². The molecule has 0 radical (unpaired) electrons. The second-order valence-electron chi connectivity index (χ2n) is 6.94. The van der Waals surface area contributed by atoms with E-state index in [0.717, 1.165) is 23.4 Å². The Kier molecular flexibility index (Phi) is 7.71. The first-order chi connectivity index (χ1) is 14.1. The van der Waals surface area contributed by atoms with Crippen molar-refractivity contribution >= 4 is 23.1 Å². The zero-order valence-electron chi connectivity index (χ0n) is 16.6. The summed E-state index contributed by atoms with van der Waals surface area (Å²) in [7, 11) is 0. The van der Waals surface area contributed by atoms with Crippen LogP contribution in [0.15, 0.2) is 78.9 Å². The summed E-state index contributed by atoms with van der Waals surface area (Å²) >= 11 is 6.20. The molecule has 0 aromatic heterocycles. The van der Waals surface area contributed by atoms with Gasteiger partial charge in [0.05, 0.1) is 12.6 Å². The van der Waals surface area contributed by atoms with E-state index in [9.17, 15) is 4.79 Å². The van der Waals surface area contributed by atoms with E-state index in [1.807, 2.05) is 73.7 Å². The predicted octanol–water partition coefficient (Wildman–Crippen LogP) is 6.48. The second kappa shape index (κ2) is 10.7. The average Bonchev–Trinajstić information content (AvgIpc) is 2.74. The minimum Gasteiger partial charge on any atom is -0.494 e. The van der Waals surface area contributed by atoms with Gasteiger partial charge < -0.3 is 10.1 Å². The molecule has 3 aromatic rings. The highest BCUT2D eigenvalue weighted by atomic mass is 35.5. The number of halogens is 1. The highest BCUT2D eigenvalue weighted by molar-refractivity contribution is 6.30. The van der Waals surface area contributed by atoms with Crippen molar-refractivity contribution in [2.45, 2.75) is 32.2 Å². The standard InChI is InChI=1S/C25H26ClNO2/c1-2-29-24-15-12-22(13-16-24)27-25(20-9-6-10-21(26)17-20)18-23(28)14-11-19-7-4-3-5-8-19/h3-10,12-13,15-17,25,27H,2,11,14,18H2,1H3. The van der Waals surface area contributed by atoms with E-state index in [1.165, 1.54) is 5.56 Å². The summed E-state index contributed by atoms with van der Waals surface area (Å²) in [5, 5.41) is 4.15. The van der Waals surface area contributed by atoms with Crippen LogP contribution in [0.2, 0.25) is 5.02 Å². The van der Waals surface area contributed by atoms with Crippen LogP contribution in [0.1, 0.15) is 36.9 Å². The highest BCUT2D eigenvalue weighted by Crippen LogP contribution is 2.27. The molecule has 150 valence electrons. The second-order valence-corrected chi connectivity index (χ2v) is 7.37. The number of Topliss-reactive ketones (excluding diaryl/α,β-unsaturated/α-hetero) is 1. The molecular weight excluding hydrogens is 382 g/mol. The molecule has 0 saturated carbocycles. The van der Waals surface area contributed by atoms with Crippen LogP contribution in [-0.4, -0.2) is 12.4 Å². The third-order valence-electron chi connectivity index (χ3n) is 4.72. The maximum Gasteiger partial charge on any atom is 0.135 e. The Labute approximate surface area is 177 Å². The highest BCUT2D eigenvalue weighted by Gasteiger charge is 2.17. The predicted molar refractivity (Wildman–Crippen MR) is 120 cm³/mol. The average molecular weight is 408 g/mol. The number of ether oxygens (including phenoxy) is 1. The lowest BCUT2D eigenvalue weighted by Gasteiger charge is -2.20. The molecule has 0 amide bonds. The van der Waals surface area contributed by atoms with E-state index in [-0.39, 0.29) is 11.8 Å². The van der Waals surface area contributed by atoms with Crippen molar-refractivity contribution < 1.29 is 9.53 Å². The van der Waals surface area contributed by atoms with Gasteiger partial charge in [-0.1, -0.05) is 54.1 Å². The number of anilines is 1. The van der Waals surface area contributed by atoms with Gasteiger partial charge >= 0.3 is 0 Å². The molecule has 29 heavy (non-hydrogen) atoms. The SMILES string of the molecule is CCOc1ccc(NC(CC(=O)CCc2ccccc2)c2cccc(Cl)c2)cc1. The van der Waals surface area contributed by atoms with E-state index in [1.54, 1.807) is 0 Å². The summed E-state index contributed by atoms with van der Waals surface area (Å²) in [6.07, 6.45) is 1.68. The van der Waals surface area contributed by atoms with Crippen LogP contribution in [0, 0.1) is 0 Å². The number of hydrogen-bond acceptors (Lipinski definition) is 3. The number of ketones is 1. The smallest absolute Gasteiger partial charge is 0.135 e. The van der Waals surface area contributed by atoms with E-state index >= 15 is 0 Å². The summed E-state index contributed by atoms with van der Waals surface area (Å²) < 4.78 is 5.51. The van der Waals surface area contributed by atoms with Gasteiger partial charge in [-0.25, -0.2) is 0 Å². The largest absolute Gasteiger partial charge is 0.494 e. The molecule has 0 spiro atoms. The summed E-state index contributed by atoms with van der Waals surface area (Å²) in [6, 6.07) is 25.4. The van der Waals surface area contributed by atoms with Crippen LogP contribution in [0.3, 0.4) is 0 Å². The van der Waals surface area contributed by atoms with E-state index in [2.05, 4.69) is 17.4 Å². The molecule has 0 heterocycles. The van der Waals surface area contributed by atoms with Crippen molar-refractivity contribution in [1.82, 2.24) is 0 Å². The van der Waals surface area contributed by atoms with Crippen molar-refractivity contribution in [3.05, 3.63) is 95.0 Å². The lowest BCUT2D eigenvalue weighted by molar-refractivity contribution is -0.119. The Morgan fingerprint density at radius 1 is 1.00 bits per heavy atom. The lowest BCUT2D eigenvalue weighted by atomic mass is 9.97. The maximum atomic E-state index is 12.7. The van der Waals surface area contributed by atoms with Gasteiger partial charge in [0.2, 0.25) is 0 Å². The Bertz CT molecular complexity index is 910. The van der Waals surface area contributed by atoms with Crippen molar-refractivity contribution in [3.63, 3.8) is 0 Å². The van der Waals surface area contributed by atoms with Crippen molar-refractivity contribution in [2.75, 3.05) is 11.9 Å². The zero-order valence-corrected chi connectivity index (χ0v) is 17.4.